The van der Waals surface area contributed by atoms with Crippen molar-refractivity contribution in [3.63, 3.8) is 0 Å². The van der Waals surface area contributed by atoms with Gasteiger partial charge in [0, 0.05) is 32.7 Å². The van der Waals surface area contributed by atoms with Gasteiger partial charge in [0.15, 0.2) is 0 Å². The number of carbonyl (C=O) groups is 1. The standard InChI is InChI=1S/C24H31N3O3/c1-29-22-7-3-6-21(17-22)20-5-2-4-19(16-20)18-26-10-8-24(9-11-26,23(25)28)27-12-14-30-15-13-27/h2-7,16-17H,8-15,18H2,1H3,(H2,25,28). The van der Waals surface area contributed by atoms with E-state index in [9.17, 15) is 4.79 Å². The maximum absolute atomic E-state index is 12.4. The Kier molecular flexibility index (Phi) is 6.37. The number of nitrogens with two attached hydrogens (primary N) is 1. The molecule has 0 radical (unpaired) electrons. The molecule has 30 heavy (non-hydrogen) atoms. The lowest BCUT2D eigenvalue weighted by molar-refractivity contribution is -0.138. The van der Waals surface area contributed by atoms with E-state index < -0.39 is 5.54 Å². The molecule has 0 bridgehead atoms. The summed E-state index contributed by atoms with van der Waals surface area (Å²) in [6.07, 6.45) is 1.55. The molecule has 0 saturated carbocycles. The number of morpholine rings is 1. The van der Waals surface area contributed by atoms with Gasteiger partial charge in [0.1, 0.15) is 11.3 Å². The summed E-state index contributed by atoms with van der Waals surface area (Å²) in [5.74, 6) is 0.670. The number of amides is 1. The van der Waals surface area contributed by atoms with Gasteiger partial charge in [-0.1, -0.05) is 30.3 Å². The highest BCUT2D eigenvalue weighted by Crippen LogP contribution is 2.31. The van der Waals surface area contributed by atoms with Gasteiger partial charge in [-0.25, -0.2) is 0 Å². The molecule has 2 aliphatic rings. The number of methoxy groups -OCH3 is 1. The number of likely N-dealkylation sites (tertiary alicyclic amines) is 1. The van der Waals surface area contributed by atoms with E-state index in [0.29, 0.717) is 13.2 Å². The van der Waals surface area contributed by atoms with Crippen LogP contribution in [0.4, 0.5) is 0 Å². The Bertz CT molecular complexity index is 872. The van der Waals surface area contributed by atoms with Gasteiger partial charge in [0.2, 0.25) is 5.91 Å². The van der Waals surface area contributed by atoms with E-state index >= 15 is 0 Å². The fourth-order valence-electron chi connectivity index (χ4n) is 4.70. The average Bonchev–Trinajstić information content (AvgIpc) is 2.80. The number of hydrogen-bond acceptors (Lipinski definition) is 5. The van der Waals surface area contributed by atoms with Crippen molar-refractivity contribution in [3.8, 4) is 16.9 Å². The predicted octanol–water partition coefficient (Wildman–Crippen LogP) is 2.51. The molecule has 2 aromatic carbocycles. The van der Waals surface area contributed by atoms with Gasteiger partial charge in [-0.2, -0.15) is 0 Å². The lowest BCUT2D eigenvalue weighted by Gasteiger charge is -2.48. The monoisotopic (exact) mass is 409 g/mol. The van der Waals surface area contributed by atoms with Crippen LogP contribution >= 0.6 is 0 Å². The highest BCUT2D eigenvalue weighted by Gasteiger charge is 2.45. The smallest absolute Gasteiger partial charge is 0.238 e. The molecule has 2 saturated heterocycles. The number of nitrogens with zero attached hydrogens (tertiary/aromatic N) is 2. The Balaban J connectivity index is 1.43. The van der Waals surface area contributed by atoms with Crippen LogP contribution in [-0.2, 0) is 16.1 Å². The minimum absolute atomic E-state index is 0.191. The highest BCUT2D eigenvalue weighted by atomic mass is 16.5. The summed E-state index contributed by atoms with van der Waals surface area (Å²) in [5, 5.41) is 0. The van der Waals surface area contributed by atoms with E-state index in [0.717, 1.165) is 56.9 Å². The predicted molar refractivity (Wildman–Crippen MR) is 117 cm³/mol. The first-order valence-corrected chi connectivity index (χ1v) is 10.7. The van der Waals surface area contributed by atoms with Crippen molar-refractivity contribution in [1.82, 2.24) is 9.80 Å². The first-order chi connectivity index (χ1) is 14.6. The quantitative estimate of drug-likeness (QED) is 0.794. The Labute approximate surface area is 178 Å². The van der Waals surface area contributed by atoms with E-state index in [1.165, 1.54) is 11.1 Å². The topological polar surface area (TPSA) is 68.0 Å². The molecule has 2 aliphatic heterocycles. The van der Waals surface area contributed by atoms with Gasteiger partial charge in [0.25, 0.3) is 0 Å². The van der Waals surface area contributed by atoms with Gasteiger partial charge >= 0.3 is 0 Å². The number of carbonyl (C=O) groups excluding carboxylic acids is 1. The lowest BCUT2D eigenvalue weighted by atomic mass is 9.84. The van der Waals surface area contributed by atoms with Gasteiger partial charge in [-0.3, -0.25) is 14.6 Å². The molecule has 2 fully saturated rings. The van der Waals surface area contributed by atoms with Crippen molar-refractivity contribution in [2.24, 2.45) is 5.73 Å². The van der Waals surface area contributed by atoms with Crippen LogP contribution in [0.5, 0.6) is 5.75 Å². The van der Waals surface area contributed by atoms with E-state index in [2.05, 4.69) is 46.2 Å². The zero-order chi connectivity index (χ0) is 21.0. The Morgan fingerprint density at radius 2 is 1.70 bits per heavy atom. The molecule has 6 nitrogen and oxygen atoms in total. The summed E-state index contributed by atoms with van der Waals surface area (Å²) < 4.78 is 10.8. The van der Waals surface area contributed by atoms with E-state index in [-0.39, 0.29) is 5.91 Å². The summed E-state index contributed by atoms with van der Waals surface area (Å²) in [7, 11) is 1.69. The van der Waals surface area contributed by atoms with E-state index in [4.69, 9.17) is 15.2 Å². The van der Waals surface area contributed by atoms with Crippen LogP contribution in [-0.4, -0.2) is 67.7 Å². The molecule has 0 atom stereocenters. The summed E-state index contributed by atoms with van der Waals surface area (Å²) >= 11 is 0. The molecule has 1 amide bonds. The number of primary amides is 1. The van der Waals surface area contributed by atoms with Gasteiger partial charge in [-0.05, 0) is 47.7 Å². The second-order valence-electron chi connectivity index (χ2n) is 8.20. The van der Waals surface area contributed by atoms with Crippen LogP contribution in [0.1, 0.15) is 18.4 Å². The van der Waals surface area contributed by atoms with Crippen LogP contribution < -0.4 is 10.5 Å². The van der Waals surface area contributed by atoms with E-state index in [1.807, 2.05) is 12.1 Å². The Hall–Kier alpha value is -2.41. The summed E-state index contributed by atoms with van der Waals surface area (Å²) in [4.78, 5) is 17.1. The average molecular weight is 410 g/mol. The van der Waals surface area contributed by atoms with Crippen molar-refractivity contribution in [3.05, 3.63) is 54.1 Å². The van der Waals surface area contributed by atoms with Gasteiger partial charge in [-0.15, -0.1) is 0 Å². The Morgan fingerprint density at radius 3 is 2.37 bits per heavy atom. The molecule has 4 rings (SSSR count). The lowest BCUT2D eigenvalue weighted by Crippen LogP contribution is -2.64. The fraction of sp³-hybridized carbons (Fsp3) is 0.458. The third kappa shape index (κ3) is 4.36. The largest absolute Gasteiger partial charge is 0.497 e. The zero-order valence-corrected chi connectivity index (χ0v) is 17.7. The maximum atomic E-state index is 12.4. The number of piperidine rings is 1. The molecule has 2 N–H and O–H groups in total. The zero-order valence-electron chi connectivity index (χ0n) is 17.7. The Morgan fingerprint density at radius 1 is 1.03 bits per heavy atom. The molecule has 0 spiro atoms. The minimum Gasteiger partial charge on any atom is -0.497 e. The number of benzene rings is 2. The molecule has 160 valence electrons. The molecule has 0 aliphatic carbocycles. The number of ether oxygens (including phenoxy) is 2. The molecule has 6 heteroatoms. The van der Waals surface area contributed by atoms with E-state index in [1.54, 1.807) is 7.11 Å². The second kappa shape index (κ2) is 9.16. The van der Waals surface area contributed by atoms with Crippen LogP contribution in [0, 0.1) is 0 Å². The molecule has 0 aromatic heterocycles. The van der Waals surface area contributed by atoms with Crippen LogP contribution in [0.25, 0.3) is 11.1 Å². The third-order valence-electron chi connectivity index (χ3n) is 6.49. The molecule has 0 unspecified atom stereocenters. The number of hydrogen-bond donors (Lipinski definition) is 1. The normalized spacial score (nSPS) is 20.0. The number of rotatable bonds is 6. The minimum atomic E-state index is -0.525. The van der Waals surface area contributed by atoms with Crippen LogP contribution in [0.3, 0.4) is 0 Å². The maximum Gasteiger partial charge on any atom is 0.238 e. The molecule has 2 heterocycles. The van der Waals surface area contributed by atoms with Crippen LogP contribution in [0.2, 0.25) is 0 Å². The van der Waals surface area contributed by atoms with Gasteiger partial charge in [0.05, 0.1) is 20.3 Å². The van der Waals surface area contributed by atoms with Crippen LogP contribution in [0.15, 0.2) is 48.5 Å². The molecular formula is C24H31N3O3. The van der Waals surface area contributed by atoms with Crippen molar-refractivity contribution >= 4 is 5.91 Å². The molecule has 2 aromatic rings. The van der Waals surface area contributed by atoms with Gasteiger partial charge < -0.3 is 15.2 Å². The van der Waals surface area contributed by atoms with Crippen molar-refractivity contribution in [2.45, 2.75) is 24.9 Å². The van der Waals surface area contributed by atoms with Crippen molar-refractivity contribution in [1.29, 1.82) is 0 Å². The second-order valence-corrected chi connectivity index (χ2v) is 8.20. The van der Waals surface area contributed by atoms with Crippen molar-refractivity contribution < 1.29 is 14.3 Å². The third-order valence-corrected chi connectivity index (χ3v) is 6.49. The summed E-state index contributed by atoms with van der Waals surface area (Å²) in [5.41, 5.74) is 8.97. The first-order valence-electron chi connectivity index (χ1n) is 10.7. The SMILES string of the molecule is COc1cccc(-c2cccc(CN3CCC(C(N)=O)(N4CCOCC4)CC3)c2)c1. The summed E-state index contributed by atoms with van der Waals surface area (Å²) in [6.45, 7) is 5.52. The first kappa shape index (κ1) is 20.8. The van der Waals surface area contributed by atoms with Crippen molar-refractivity contribution in [2.75, 3.05) is 46.5 Å². The highest BCUT2D eigenvalue weighted by molar-refractivity contribution is 5.85. The molecular weight excluding hydrogens is 378 g/mol. The fourth-order valence-corrected chi connectivity index (χ4v) is 4.70. The summed E-state index contributed by atoms with van der Waals surface area (Å²) in [6, 6.07) is 16.8.